The highest BCUT2D eigenvalue weighted by atomic mass is 32.2. The molecule has 0 aliphatic carbocycles. The maximum atomic E-state index is 11.4. The average molecular weight is 302 g/mol. The van der Waals surface area contributed by atoms with Gasteiger partial charge in [0.15, 0.2) is 0 Å². The highest BCUT2D eigenvalue weighted by Crippen LogP contribution is 2.17. The minimum atomic E-state index is -3.30. The van der Waals surface area contributed by atoms with Gasteiger partial charge in [0.05, 0.1) is 29.3 Å². The van der Waals surface area contributed by atoms with Crippen LogP contribution >= 0.6 is 0 Å². The average Bonchev–Trinajstić information content (AvgIpc) is 2.49. The molecule has 1 aromatic carbocycles. The zero-order chi connectivity index (χ0) is 15.3. The first-order valence-electron chi connectivity index (χ1n) is 6.26. The van der Waals surface area contributed by atoms with E-state index >= 15 is 0 Å². The minimum absolute atomic E-state index is 0.00789. The van der Waals surface area contributed by atoms with Crippen LogP contribution in [0.2, 0.25) is 0 Å². The maximum absolute atomic E-state index is 11.4. The molecule has 0 amide bonds. The molecule has 2 aromatic rings. The Kier molecular flexibility index (Phi) is 4.40. The Hall–Kier alpha value is -2.59. The summed E-state index contributed by atoms with van der Waals surface area (Å²) in [6, 6.07) is 12.3. The zero-order valence-electron chi connectivity index (χ0n) is 11.4. The molecule has 1 aromatic heterocycles. The summed E-state index contributed by atoms with van der Waals surface area (Å²) in [6.07, 6.45) is 1.43. The predicted octanol–water partition coefficient (Wildman–Crippen LogP) is 2.46. The number of aromatic nitrogens is 1. The van der Waals surface area contributed by atoms with E-state index in [1.807, 2.05) is 6.07 Å². The van der Waals surface area contributed by atoms with Crippen molar-refractivity contribution in [2.75, 3.05) is 15.8 Å². The van der Waals surface area contributed by atoms with Crippen molar-refractivity contribution in [1.82, 2.24) is 4.98 Å². The number of anilines is 3. The molecule has 0 saturated heterocycles. The Bertz CT molecular complexity index is 764. The van der Waals surface area contributed by atoms with Crippen molar-refractivity contribution >= 4 is 27.2 Å². The number of rotatable bonds is 5. The van der Waals surface area contributed by atoms with E-state index in [9.17, 15) is 8.42 Å². The van der Waals surface area contributed by atoms with Gasteiger partial charge in [0.25, 0.3) is 0 Å². The number of hydrogen-bond acceptors (Lipinski definition) is 5. The second-order valence-electron chi connectivity index (χ2n) is 4.26. The molecular weight excluding hydrogens is 288 g/mol. The van der Waals surface area contributed by atoms with Crippen molar-refractivity contribution in [3.63, 3.8) is 0 Å². The van der Waals surface area contributed by atoms with Gasteiger partial charge in [-0.2, -0.15) is 5.26 Å². The summed E-state index contributed by atoms with van der Waals surface area (Å²) in [5.74, 6) is 0.568. The second-order valence-corrected chi connectivity index (χ2v) is 6.27. The van der Waals surface area contributed by atoms with E-state index in [0.717, 1.165) is 5.69 Å². The fraction of sp³-hybridized carbons (Fsp3) is 0.143. The van der Waals surface area contributed by atoms with Gasteiger partial charge in [-0.05, 0) is 37.3 Å². The van der Waals surface area contributed by atoms with Crippen LogP contribution in [0.3, 0.4) is 0 Å². The lowest BCUT2D eigenvalue weighted by atomic mass is 10.2. The van der Waals surface area contributed by atoms with Crippen LogP contribution in [0.1, 0.15) is 12.5 Å². The first-order valence-corrected chi connectivity index (χ1v) is 7.91. The predicted molar refractivity (Wildman–Crippen MR) is 81.8 cm³/mol. The number of benzene rings is 1. The van der Waals surface area contributed by atoms with Crippen LogP contribution in [0.4, 0.5) is 17.2 Å². The molecule has 0 fully saturated rings. The van der Waals surface area contributed by atoms with Gasteiger partial charge in [-0.15, -0.1) is 0 Å². The molecule has 2 N–H and O–H groups in total. The van der Waals surface area contributed by atoms with Crippen LogP contribution in [0.25, 0.3) is 0 Å². The molecule has 0 spiro atoms. The number of pyridine rings is 1. The molecule has 108 valence electrons. The number of hydrogen-bond donors (Lipinski definition) is 2. The van der Waals surface area contributed by atoms with Gasteiger partial charge in [-0.3, -0.25) is 4.72 Å². The van der Waals surface area contributed by atoms with Gasteiger partial charge in [-0.25, -0.2) is 13.4 Å². The molecule has 1 heterocycles. The molecular formula is C14H14N4O2S. The topological polar surface area (TPSA) is 94.9 Å². The summed E-state index contributed by atoms with van der Waals surface area (Å²) in [7, 11) is -3.30. The largest absolute Gasteiger partial charge is 0.340 e. The van der Waals surface area contributed by atoms with Crippen LogP contribution in [-0.4, -0.2) is 19.2 Å². The summed E-state index contributed by atoms with van der Waals surface area (Å²) in [5.41, 5.74) is 1.70. The lowest BCUT2D eigenvalue weighted by Gasteiger charge is -2.08. The van der Waals surface area contributed by atoms with Gasteiger partial charge >= 0.3 is 0 Å². The van der Waals surface area contributed by atoms with Gasteiger partial charge in [0.1, 0.15) is 5.82 Å². The first kappa shape index (κ1) is 14.8. The van der Waals surface area contributed by atoms with E-state index < -0.39 is 10.0 Å². The molecule has 0 atom stereocenters. The number of nitrogens with one attached hydrogen (secondary N) is 2. The van der Waals surface area contributed by atoms with E-state index in [-0.39, 0.29) is 5.75 Å². The Labute approximate surface area is 123 Å². The first-order chi connectivity index (χ1) is 10.0. The molecule has 0 aliphatic rings. The lowest BCUT2D eigenvalue weighted by Crippen LogP contribution is -2.14. The molecule has 21 heavy (non-hydrogen) atoms. The smallest absolute Gasteiger partial charge is 0.232 e. The Morgan fingerprint density at radius 1 is 1.24 bits per heavy atom. The SMILES string of the molecule is CCS(=O)(=O)Nc1ccc(Nc2cccc(C#N)c2)nc1. The number of sulfonamides is 1. The molecule has 2 rings (SSSR count). The van der Waals surface area contributed by atoms with Crippen LogP contribution in [0.5, 0.6) is 0 Å². The molecule has 0 saturated carbocycles. The molecule has 0 aliphatic heterocycles. The van der Waals surface area contributed by atoms with E-state index in [2.05, 4.69) is 21.1 Å². The van der Waals surface area contributed by atoms with E-state index in [0.29, 0.717) is 17.1 Å². The molecule has 7 heteroatoms. The van der Waals surface area contributed by atoms with Crippen LogP contribution in [0.15, 0.2) is 42.6 Å². The number of nitrogens with zero attached hydrogens (tertiary/aromatic N) is 2. The maximum Gasteiger partial charge on any atom is 0.232 e. The summed E-state index contributed by atoms with van der Waals surface area (Å²) in [6.45, 7) is 1.56. The summed E-state index contributed by atoms with van der Waals surface area (Å²) in [5, 5.41) is 11.9. The van der Waals surface area contributed by atoms with Gasteiger partial charge in [0.2, 0.25) is 10.0 Å². The molecule has 0 unspecified atom stereocenters. The van der Waals surface area contributed by atoms with E-state index in [1.54, 1.807) is 37.3 Å². The van der Waals surface area contributed by atoms with Gasteiger partial charge < -0.3 is 5.32 Å². The van der Waals surface area contributed by atoms with Crippen LogP contribution in [-0.2, 0) is 10.0 Å². The Morgan fingerprint density at radius 3 is 2.67 bits per heavy atom. The van der Waals surface area contributed by atoms with Crippen LogP contribution in [0, 0.1) is 11.3 Å². The second kappa shape index (κ2) is 6.24. The Balaban J connectivity index is 2.11. The third-order valence-corrected chi connectivity index (χ3v) is 3.99. The van der Waals surface area contributed by atoms with Crippen LogP contribution < -0.4 is 10.0 Å². The zero-order valence-corrected chi connectivity index (χ0v) is 12.2. The standard InChI is InChI=1S/C14H14N4O2S/c1-2-21(19,20)18-13-6-7-14(16-10-13)17-12-5-3-4-11(8-12)9-15/h3-8,10,18H,2H2,1H3,(H,16,17). The third kappa shape index (κ3) is 4.19. The van der Waals surface area contributed by atoms with Crippen molar-refractivity contribution in [2.45, 2.75) is 6.92 Å². The molecule has 0 radical (unpaired) electrons. The fourth-order valence-electron chi connectivity index (χ4n) is 1.59. The highest BCUT2D eigenvalue weighted by molar-refractivity contribution is 7.92. The fourth-order valence-corrected chi connectivity index (χ4v) is 2.22. The molecule has 0 bridgehead atoms. The summed E-state index contributed by atoms with van der Waals surface area (Å²) in [4.78, 5) is 4.13. The van der Waals surface area contributed by atoms with Gasteiger partial charge in [-0.1, -0.05) is 6.07 Å². The number of nitriles is 1. The normalized spacial score (nSPS) is 10.7. The van der Waals surface area contributed by atoms with E-state index in [1.165, 1.54) is 6.20 Å². The van der Waals surface area contributed by atoms with Crippen molar-refractivity contribution in [3.05, 3.63) is 48.2 Å². The quantitative estimate of drug-likeness (QED) is 0.884. The van der Waals surface area contributed by atoms with Crippen molar-refractivity contribution in [2.24, 2.45) is 0 Å². The third-order valence-electron chi connectivity index (χ3n) is 2.68. The Morgan fingerprint density at radius 2 is 2.05 bits per heavy atom. The minimum Gasteiger partial charge on any atom is -0.340 e. The van der Waals surface area contributed by atoms with Crippen molar-refractivity contribution in [1.29, 1.82) is 5.26 Å². The monoisotopic (exact) mass is 302 g/mol. The highest BCUT2D eigenvalue weighted by Gasteiger charge is 2.06. The molecule has 6 nitrogen and oxygen atoms in total. The summed E-state index contributed by atoms with van der Waals surface area (Å²) >= 11 is 0. The van der Waals surface area contributed by atoms with Crippen molar-refractivity contribution < 1.29 is 8.42 Å². The van der Waals surface area contributed by atoms with Gasteiger partial charge in [0, 0.05) is 5.69 Å². The van der Waals surface area contributed by atoms with E-state index in [4.69, 9.17) is 5.26 Å². The van der Waals surface area contributed by atoms with Crippen molar-refractivity contribution in [3.8, 4) is 6.07 Å². The summed E-state index contributed by atoms with van der Waals surface area (Å²) < 4.78 is 25.3. The lowest BCUT2D eigenvalue weighted by molar-refractivity contribution is 0.602.